The molecule has 1 heterocycles. The molecule has 1 fully saturated rings. The highest BCUT2D eigenvalue weighted by Crippen LogP contribution is 2.09. The van der Waals surface area contributed by atoms with Crippen molar-refractivity contribution in [2.45, 2.75) is 39.8 Å². The van der Waals surface area contributed by atoms with Gasteiger partial charge in [0, 0.05) is 32.2 Å². The molecule has 0 aromatic heterocycles. The SMILES string of the molecule is CC(C)[C@@H](N)C(=O)N1CCN(C(C)C)CC1.Cl.Cl. The summed E-state index contributed by atoms with van der Waals surface area (Å²) >= 11 is 0. The molecule has 1 atom stereocenters. The monoisotopic (exact) mass is 299 g/mol. The molecular weight excluding hydrogens is 273 g/mol. The minimum absolute atomic E-state index is 0. The Hall–Kier alpha value is -0.0300. The number of hydrogen-bond acceptors (Lipinski definition) is 3. The van der Waals surface area contributed by atoms with Crippen LogP contribution in [0.2, 0.25) is 0 Å². The van der Waals surface area contributed by atoms with E-state index in [9.17, 15) is 4.79 Å². The Balaban J connectivity index is 0. The van der Waals surface area contributed by atoms with Crippen molar-refractivity contribution in [3.05, 3.63) is 0 Å². The summed E-state index contributed by atoms with van der Waals surface area (Å²) in [7, 11) is 0. The van der Waals surface area contributed by atoms with Crippen LogP contribution >= 0.6 is 24.8 Å². The smallest absolute Gasteiger partial charge is 0.239 e. The van der Waals surface area contributed by atoms with Crippen LogP contribution in [0.1, 0.15) is 27.7 Å². The van der Waals surface area contributed by atoms with Crippen LogP contribution in [0.15, 0.2) is 0 Å². The molecule has 0 radical (unpaired) electrons. The molecule has 1 saturated heterocycles. The molecule has 0 spiro atoms. The number of carbonyl (C=O) groups is 1. The summed E-state index contributed by atoms with van der Waals surface area (Å²) < 4.78 is 0. The Morgan fingerprint density at radius 2 is 1.44 bits per heavy atom. The van der Waals surface area contributed by atoms with E-state index in [1.807, 2.05) is 18.7 Å². The molecule has 4 nitrogen and oxygen atoms in total. The maximum Gasteiger partial charge on any atom is 0.239 e. The number of nitrogens with two attached hydrogens (primary N) is 1. The lowest BCUT2D eigenvalue weighted by Crippen LogP contribution is -2.55. The summed E-state index contributed by atoms with van der Waals surface area (Å²) in [6, 6.07) is 0.224. The van der Waals surface area contributed by atoms with Gasteiger partial charge in [-0.3, -0.25) is 9.69 Å². The van der Waals surface area contributed by atoms with E-state index in [1.165, 1.54) is 0 Å². The number of piperazine rings is 1. The lowest BCUT2D eigenvalue weighted by atomic mass is 10.0. The van der Waals surface area contributed by atoms with Gasteiger partial charge in [-0.1, -0.05) is 13.8 Å². The zero-order chi connectivity index (χ0) is 12.3. The summed E-state index contributed by atoms with van der Waals surface area (Å²) in [5.41, 5.74) is 5.88. The number of amides is 1. The third kappa shape index (κ3) is 5.31. The van der Waals surface area contributed by atoms with Crippen molar-refractivity contribution in [2.75, 3.05) is 26.2 Å². The van der Waals surface area contributed by atoms with E-state index >= 15 is 0 Å². The second kappa shape index (κ2) is 8.97. The van der Waals surface area contributed by atoms with Gasteiger partial charge in [-0.15, -0.1) is 24.8 Å². The van der Waals surface area contributed by atoms with Crippen molar-refractivity contribution in [1.82, 2.24) is 9.80 Å². The van der Waals surface area contributed by atoms with E-state index in [-0.39, 0.29) is 42.7 Å². The van der Waals surface area contributed by atoms with Crippen LogP contribution in [-0.2, 0) is 4.79 Å². The first kappa shape index (κ1) is 20.3. The van der Waals surface area contributed by atoms with Gasteiger partial charge < -0.3 is 10.6 Å². The highest BCUT2D eigenvalue weighted by atomic mass is 35.5. The molecule has 0 aromatic carbocycles. The van der Waals surface area contributed by atoms with Gasteiger partial charge >= 0.3 is 0 Å². The Morgan fingerprint density at radius 1 is 1.00 bits per heavy atom. The van der Waals surface area contributed by atoms with Gasteiger partial charge in [-0.25, -0.2) is 0 Å². The topological polar surface area (TPSA) is 49.6 Å². The molecule has 0 aliphatic carbocycles. The minimum Gasteiger partial charge on any atom is -0.339 e. The van der Waals surface area contributed by atoms with Crippen molar-refractivity contribution in [2.24, 2.45) is 11.7 Å². The number of halogens is 2. The van der Waals surface area contributed by atoms with Crippen molar-refractivity contribution in [1.29, 1.82) is 0 Å². The average Bonchev–Trinajstić information content (AvgIpc) is 2.27. The lowest BCUT2D eigenvalue weighted by Gasteiger charge is -2.38. The molecule has 110 valence electrons. The van der Waals surface area contributed by atoms with Crippen LogP contribution in [0.4, 0.5) is 0 Å². The Labute approximate surface area is 123 Å². The van der Waals surface area contributed by atoms with Crippen molar-refractivity contribution >= 4 is 30.7 Å². The second-order valence-corrected chi connectivity index (χ2v) is 5.22. The average molecular weight is 300 g/mol. The van der Waals surface area contributed by atoms with Crippen LogP contribution in [0.25, 0.3) is 0 Å². The summed E-state index contributed by atoms with van der Waals surface area (Å²) in [5, 5.41) is 0. The van der Waals surface area contributed by atoms with Crippen LogP contribution < -0.4 is 5.73 Å². The van der Waals surface area contributed by atoms with Crippen LogP contribution in [0.3, 0.4) is 0 Å². The second-order valence-electron chi connectivity index (χ2n) is 5.22. The highest BCUT2D eigenvalue weighted by Gasteiger charge is 2.27. The number of hydrogen-bond donors (Lipinski definition) is 1. The van der Waals surface area contributed by atoms with Gasteiger partial charge in [-0.05, 0) is 19.8 Å². The molecule has 0 unspecified atom stereocenters. The van der Waals surface area contributed by atoms with Crippen LogP contribution in [-0.4, -0.2) is 54.0 Å². The predicted molar refractivity (Wildman–Crippen MR) is 80.6 cm³/mol. The maximum atomic E-state index is 12.0. The molecular formula is C12H27Cl2N3O. The third-order valence-electron chi connectivity index (χ3n) is 3.36. The zero-order valence-corrected chi connectivity index (χ0v) is 13.4. The molecule has 2 N–H and O–H groups in total. The van der Waals surface area contributed by atoms with Crippen LogP contribution in [0, 0.1) is 5.92 Å². The van der Waals surface area contributed by atoms with Gasteiger partial charge in [0.2, 0.25) is 5.91 Å². The first-order chi connectivity index (χ1) is 7.43. The van der Waals surface area contributed by atoms with E-state index in [0.29, 0.717) is 6.04 Å². The fourth-order valence-corrected chi connectivity index (χ4v) is 1.95. The Kier molecular flexibility index (Phi) is 10.1. The number of carbonyl (C=O) groups excluding carboxylic acids is 1. The molecule has 1 amide bonds. The fourth-order valence-electron chi connectivity index (χ4n) is 1.95. The minimum atomic E-state index is -0.342. The fraction of sp³-hybridized carbons (Fsp3) is 0.917. The van der Waals surface area contributed by atoms with Crippen molar-refractivity contribution in [3.63, 3.8) is 0 Å². The predicted octanol–water partition coefficient (Wildman–Crippen LogP) is 1.37. The molecule has 0 aromatic rings. The molecule has 0 bridgehead atoms. The highest BCUT2D eigenvalue weighted by molar-refractivity contribution is 5.85. The maximum absolute atomic E-state index is 12.0. The third-order valence-corrected chi connectivity index (χ3v) is 3.36. The van der Waals surface area contributed by atoms with Crippen molar-refractivity contribution < 1.29 is 4.79 Å². The Morgan fingerprint density at radius 3 is 1.78 bits per heavy atom. The van der Waals surface area contributed by atoms with Gasteiger partial charge in [0.05, 0.1) is 6.04 Å². The molecule has 1 rings (SSSR count). The largest absolute Gasteiger partial charge is 0.339 e. The van der Waals surface area contributed by atoms with E-state index in [4.69, 9.17) is 5.73 Å². The van der Waals surface area contributed by atoms with E-state index in [2.05, 4.69) is 18.7 Å². The van der Waals surface area contributed by atoms with E-state index in [0.717, 1.165) is 26.2 Å². The molecule has 1 aliphatic rings. The van der Waals surface area contributed by atoms with Crippen molar-refractivity contribution in [3.8, 4) is 0 Å². The zero-order valence-electron chi connectivity index (χ0n) is 11.8. The van der Waals surface area contributed by atoms with Gasteiger partial charge in [0.15, 0.2) is 0 Å². The summed E-state index contributed by atoms with van der Waals surface area (Å²) in [5.74, 6) is 0.328. The van der Waals surface area contributed by atoms with Crippen LogP contribution in [0.5, 0.6) is 0 Å². The van der Waals surface area contributed by atoms with E-state index in [1.54, 1.807) is 0 Å². The quantitative estimate of drug-likeness (QED) is 0.856. The van der Waals surface area contributed by atoms with Gasteiger partial charge in [0.1, 0.15) is 0 Å². The van der Waals surface area contributed by atoms with Gasteiger partial charge in [0.25, 0.3) is 0 Å². The standard InChI is InChI=1S/C12H25N3O.2ClH/c1-9(2)11(13)12(16)15-7-5-14(6-8-15)10(3)4;;/h9-11H,5-8,13H2,1-4H3;2*1H/t11-;;/m1../s1. The first-order valence-corrected chi connectivity index (χ1v) is 6.22. The number of nitrogens with zero attached hydrogens (tertiary/aromatic N) is 2. The Bertz CT molecular complexity index is 241. The number of rotatable bonds is 3. The van der Waals surface area contributed by atoms with Gasteiger partial charge in [-0.2, -0.15) is 0 Å². The molecule has 0 saturated carbocycles. The summed E-state index contributed by atoms with van der Waals surface area (Å²) in [6.07, 6.45) is 0. The van der Waals surface area contributed by atoms with E-state index < -0.39 is 0 Å². The normalized spacial score (nSPS) is 18.3. The molecule has 6 heteroatoms. The first-order valence-electron chi connectivity index (χ1n) is 6.22. The lowest BCUT2D eigenvalue weighted by molar-refractivity contribution is -0.135. The summed E-state index contributed by atoms with van der Waals surface area (Å²) in [6.45, 7) is 11.9. The summed E-state index contributed by atoms with van der Waals surface area (Å²) in [4.78, 5) is 16.3. The molecule has 1 aliphatic heterocycles. The molecule has 18 heavy (non-hydrogen) atoms.